The van der Waals surface area contributed by atoms with E-state index in [4.69, 9.17) is 4.74 Å². The lowest BCUT2D eigenvalue weighted by Crippen LogP contribution is -2.40. The van der Waals surface area contributed by atoms with Gasteiger partial charge in [-0.3, -0.25) is 4.79 Å². The topological polar surface area (TPSA) is 58.6 Å². The number of aliphatic hydroxyl groups is 1. The molecule has 2 rings (SSSR count). The van der Waals surface area contributed by atoms with Crippen molar-refractivity contribution in [3.63, 3.8) is 0 Å². The van der Waals surface area contributed by atoms with Gasteiger partial charge in [-0.2, -0.15) is 0 Å². The van der Waals surface area contributed by atoms with E-state index in [1.54, 1.807) is 0 Å². The summed E-state index contributed by atoms with van der Waals surface area (Å²) in [5.41, 5.74) is -0.118. The zero-order valence-electron chi connectivity index (χ0n) is 11.4. The number of hydrogen-bond donors (Lipinski definition) is 2. The Morgan fingerprint density at radius 1 is 1.30 bits per heavy atom. The molecule has 5 heteroatoms. The molecule has 1 aliphatic rings. The molecule has 0 aromatic heterocycles. The highest BCUT2D eigenvalue weighted by Gasteiger charge is 2.33. The Hall–Kier alpha value is -1.07. The monoisotopic (exact) mass is 341 g/mol. The number of carbonyl (C=O) groups is 1. The van der Waals surface area contributed by atoms with E-state index in [2.05, 4.69) is 21.2 Å². The van der Waals surface area contributed by atoms with Crippen molar-refractivity contribution in [2.45, 2.75) is 25.7 Å². The smallest absolute Gasteiger partial charge is 0.257 e. The zero-order chi connectivity index (χ0) is 14.4. The molecule has 0 saturated heterocycles. The van der Waals surface area contributed by atoms with Gasteiger partial charge >= 0.3 is 0 Å². The number of halogens is 1. The molecule has 0 radical (unpaired) electrons. The maximum atomic E-state index is 11.8. The zero-order valence-corrected chi connectivity index (χ0v) is 13.0. The average Bonchev–Trinajstić information content (AvgIpc) is 2.94. The molecule has 1 saturated carbocycles. The standard InChI is InChI=1S/C15H20BrNO3/c16-12-3-5-13(6-4-12)20-9-14(19)17-10-15(11-18)7-1-2-8-15/h3-6,18H,1-2,7-11H2,(H,17,19). The van der Waals surface area contributed by atoms with Crippen molar-refractivity contribution >= 4 is 21.8 Å². The van der Waals surface area contributed by atoms with E-state index in [-0.39, 0.29) is 24.5 Å². The lowest BCUT2D eigenvalue weighted by atomic mass is 9.87. The fraction of sp³-hybridized carbons (Fsp3) is 0.533. The minimum atomic E-state index is -0.146. The Labute approximate surface area is 127 Å². The number of rotatable bonds is 6. The first-order valence-electron chi connectivity index (χ1n) is 6.89. The Bertz CT molecular complexity index is 441. The van der Waals surface area contributed by atoms with E-state index < -0.39 is 0 Å². The number of carbonyl (C=O) groups excluding carboxylic acids is 1. The van der Waals surface area contributed by atoms with Crippen molar-refractivity contribution in [1.82, 2.24) is 5.32 Å². The van der Waals surface area contributed by atoms with E-state index in [1.165, 1.54) is 0 Å². The summed E-state index contributed by atoms with van der Waals surface area (Å²) in [6.07, 6.45) is 4.23. The summed E-state index contributed by atoms with van der Waals surface area (Å²) in [4.78, 5) is 11.8. The summed E-state index contributed by atoms with van der Waals surface area (Å²) in [6.45, 7) is 0.677. The van der Waals surface area contributed by atoms with Crippen molar-refractivity contribution in [1.29, 1.82) is 0 Å². The summed E-state index contributed by atoms with van der Waals surface area (Å²) < 4.78 is 6.38. The fourth-order valence-corrected chi connectivity index (χ4v) is 2.80. The van der Waals surface area contributed by atoms with Gasteiger partial charge in [0.2, 0.25) is 0 Å². The molecule has 0 heterocycles. The number of nitrogens with one attached hydrogen (secondary N) is 1. The number of ether oxygens (including phenoxy) is 1. The third-order valence-corrected chi connectivity index (χ3v) is 4.37. The molecular formula is C15H20BrNO3. The highest BCUT2D eigenvalue weighted by molar-refractivity contribution is 9.10. The summed E-state index contributed by atoms with van der Waals surface area (Å²) >= 11 is 3.34. The second-order valence-electron chi connectivity index (χ2n) is 5.38. The first-order chi connectivity index (χ1) is 9.63. The highest BCUT2D eigenvalue weighted by atomic mass is 79.9. The van der Waals surface area contributed by atoms with Crippen LogP contribution in [0.25, 0.3) is 0 Å². The van der Waals surface area contributed by atoms with Crippen LogP contribution in [0.15, 0.2) is 28.7 Å². The van der Waals surface area contributed by atoms with Crippen molar-refractivity contribution in [3.05, 3.63) is 28.7 Å². The third-order valence-electron chi connectivity index (χ3n) is 3.84. The van der Waals surface area contributed by atoms with Crippen LogP contribution in [-0.2, 0) is 4.79 Å². The van der Waals surface area contributed by atoms with E-state index in [0.717, 1.165) is 30.2 Å². The van der Waals surface area contributed by atoms with Gasteiger partial charge in [-0.1, -0.05) is 28.8 Å². The first-order valence-corrected chi connectivity index (χ1v) is 7.69. The fourth-order valence-electron chi connectivity index (χ4n) is 2.53. The molecule has 1 aromatic rings. The lowest BCUT2D eigenvalue weighted by molar-refractivity contribution is -0.123. The lowest BCUT2D eigenvalue weighted by Gasteiger charge is -2.26. The summed E-state index contributed by atoms with van der Waals surface area (Å²) in [7, 11) is 0. The Morgan fingerprint density at radius 3 is 2.55 bits per heavy atom. The molecule has 0 spiro atoms. The second-order valence-corrected chi connectivity index (χ2v) is 6.30. The SMILES string of the molecule is O=C(COc1ccc(Br)cc1)NCC1(CO)CCCC1. The molecule has 0 atom stereocenters. The third kappa shape index (κ3) is 4.21. The Morgan fingerprint density at radius 2 is 1.95 bits per heavy atom. The molecular weight excluding hydrogens is 322 g/mol. The van der Waals surface area contributed by atoms with Gasteiger partial charge in [-0.15, -0.1) is 0 Å². The van der Waals surface area contributed by atoms with Crippen LogP contribution in [0.2, 0.25) is 0 Å². The normalized spacial score (nSPS) is 16.9. The van der Waals surface area contributed by atoms with Crippen molar-refractivity contribution in [2.24, 2.45) is 5.41 Å². The van der Waals surface area contributed by atoms with Gasteiger partial charge in [0.15, 0.2) is 6.61 Å². The van der Waals surface area contributed by atoms with Crippen LogP contribution in [0.5, 0.6) is 5.75 Å². The van der Waals surface area contributed by atoms with Gasteiger partial charge in [0.25, 0.3) is 5.91 Å². The van der Waals surface area contributed by atoms with E-state index in [1.807, 2.05) is 24.3 Å². The molecule has 20 heavy (non-hydrogen) atoms. The average molecular weight is 342 g/mol. The van der Waals surface area contributed by atoms with Crippen LogP contribution >= 0.6 is 15.9 Å². The van der Waals surface area contributed by atoms with Crippen LogP contribution in [0.3, 0.4) is 0 Å². The predicted molar refractivity (Wildman–Crippen MR) is 80.6 cm³/mol. The molecule has 0 bridgehead atoms. The summed E-state index contributed by atoms with van der Waals surface area (Å²) in [5, 5.41) is 12.3. The van der Waals surface area contributed by atoms with Crippen molar-refractivity contribution in [2.75, 3.05) is 19.8 Å². The quantitative estimate of drug-likeness (QED) is 0.835. The Kier molecular flexibility index (Phi) is 5.43. The minimum absolute atomic E-state index is 0.00312. The van der Waals surface area contributed by atoms with E-state index >= 15 is 0 Å². The number of benzene rings is 1. The number of aliphatic hydroxyl groups excluding tert-OH is 1. The maximum absolute atomic E-state index is 11.8. The van der Waals surface area contributed by atoms with E-state index in [9.17, 15) is 9.90 Å². The predicted octanol–water partition coefficient (Wildman–Crippen LogP) is 2.50. The Balaban J connectivity index is 1.74. The van der Waals surface area contributed by atoms with Crippen LogP contribution < -0.4 is 10.1 Å². The molecule has 1 fully saturated rings. The van der Waals surface area contributed by atoms with Crippen molar-refractivity contribution < 1.29 is 14.6 Å². The molecule has 110 valence electrons. The molecule has 0 unspecified atom stereocenters. The van der Waals surface area contributed by atoms with Crippen LogP contribution in [0.1, 0.15) is 25.7 Å². The van der Waals surface area contributed by atoms with Crippen LogP contribution in [0, 0.1) is 5.41 Å². The number of hydrogen-bond acceptors (Lipinski definition) is 3. The largest absolute Gasteiger partial charge is 0.484 e. The molecule has 2 N–H and O–H groups in total. The maximum Gasteiger partial charge on any atom is 0.257 e. The van der Waals surface area contributed by atoms with Gasteiger partial charge in [-0.05, 0) is 37.1 Å². The molecule has 1 aromatic carbocycles. The molecule has 0 aliphatic heterocycles. The minimum Gasteiger partial charge on any atom is -0.484 e. The van der Waals surface area contributed by atoms with Crippen molar-refractivity contribution in [3.8, 4) is 5.75 Å². The molecule has 4 nitrogen and oxygen atoms in total. The molecule has 1 aliphatic carbocycles. The first kappa shape index (κ1) is 15.3. The van der Waals surface area contributed by atoms with Gasteiger partial charge in [0.1, 0.15) is 5.75 Å². The van der Waals surface area contributed by atoms with Crippen LogP contribution in [0.4, 0.5) is 0 Å². The van der Waals surface area contributed by atoms with Crippen LogP contribution in [-0.4, -0.2) is 30.8 Å². The van der Waals surface area contributed by atoms with E-state index in [0.29, 0.717) is 12.3 Å². The summed E-state index contributed by atoms with van der Waals surface area (Å²) in [6, 6.07) is 7.35. The molecule has 1 amide bonds. The second kappa shape index (κ2) is 7.09. The van der Waals surface area contributed by atoms with Gasteiger partial charge in [-0.25, -0.2) is 0 Å². The summed E-state index contributed by atoms with van der Waals surface area (Å²) in [5.74, 6) is 0.522. The van der Waals surface area contributed by atoms with Gasteiger partial charge < -0.3 is 15.2 Å². The van der Waals surface area contributed by atoms with Gasteiger partial charge in [0.05, 0.1) is 6.61 Å². The van der Waals surface area contributed by atoms with Gasteiger partial charge in [0, 0.05) is 16.4 Å². The number of amides is 1. The highest BCUT2D eigenvalue weighted by Crippen LogP contribution is 2.36.